The van der Waals surface area contributed by atoms with Crippen LogP contribution in [0.3, 0.4) is 0 Å². The smallest absolute Gasteiger partial charge is 0.312 e. The summed E-state index contributed by atoms with van der Waals surface area (Å²) < 4.78 is 25.5. The predicted molar refractivity (Wildman–Crippen MR) is 213 cm³/mol. The monoisotopic (exact) mass is 785 g/mol. The largest absolute Gasteiger partial charge is 0.507 e. The summed E-state index contributed by atoms with van der Waals surface area (Å²) >= 11 is 0. The summed E-state index contributed by atoms with van der Waals surface area (Å²) in [5, 5.41) is 49.4. The highest BCUT2D eigenvalue weighted by Crippen LogP contribution is 2.54. The molecule has 0 unspecified atom stereocenters. The van der Waals surface area contributed by atoms with Gasteiger partial charge >= 0.3 is 11.8 Å². The first-order valence-corrected chi connectivity index (χ1v) is 19.0. The highest BCUT2D eigenvalue weighted by Gasteiger charge is 2.50. The molecule has 2 aliphatic rings. The molecule has 0 aliphatic carbocycles. The van der Waals surface area contributed by atoms with Crippen molar-refractivity contribution in [3.63, 3.8) is 0 Å². The van der Waals surface area contributed by atoms with Gasteiger partial charge in [-0.05, 0) is 44.5 Å². The summed E-state index contributed by atoms with van der Waals surface area (Å²) in [6.07, 6.45) is 5.62. The number of phenolic OH excluding ortho intramolecular Hbond substituents is 2. The van der Waals surface area contributed by atoms with E-state index in [2.05, 4.69) is 5.32 Å². The quantitative estimate of drug-likeness (QED) is 0.115. The Morgan fingerprint density at radius 3 is 2.35 bits per heavy atom. The van der Waals surface area contributed by atoms with Crippen molar-refractivity contribution in [1.29, 1.82) is 0 Å². The van der Waals surface area contributed by atoms with Gasteiger partial charge in [-0.3, -0.25) is 18.8 Å². The number of anilines is 1. The van der Waals surface area contributed by atoms with E-state index in [-0.39, 0.29) is 55.7 Å². The number of rotatable bonds is 2. The number of benzene rings is 2. The van der Waals surface area contributed by atoms with Crippen LogP contribution in [0.15, 0.2) is 54.5 Å². The van der Waals surface area contributed by atoms with Gasteiger partial charge in [-0.15, -0.1) is 0 Å². The molecule has 4 heterocycles. The minimum absolute atomic E-state index is 0.0185. The maximum atomic E-state index is 14.6. The second kappa shape index (κ2) is 15.5. The molecule has 0 spiro atoms. The number of ketones is 1. The number of Topliss-reactive ketones (excluding diaryl/α,β-unsaturated/α-hetero) is 1. The van der Waals surface area contributed by atoms with Crippen LogP contribution in [0.5, 0.6) is 17.2 Å². The molecule has 1 amide bonds. The number of aromatic nitrogens is 2. The van der Waals surface area contributed by atoms with Crippen molar-refractivity contribution in [1.82, 2.24) is 9.38 Å². The van der Waals surface area contributed by atoms with Gasteiger partial charge in [0.15, 0.2) is 5.75 Å². The molecule has 4 bridgehead atoms. The number of nitrogens with zero attached hydrogens (tertiary/aromatic N) is 2. The SMILES string of the molecule is CO[C@H]1/C=C/O[C@]2(C)Oc3c(C)c(O)c4c(O)c(c5c(nc6cc(C)ccn65)c4c3C2=O)NC(=O)C(C)=C/C=C/[C@@H](C)[C@H](O)[C@H](C)[C@@H](O)[C@@H](C)[C@H](OC(C)=O)[C@@H]1C. The molecule has 304 valence electrons. The van der Waals surface area contributed by atoms with Crippen LogP contribution in [0.25, 0.3) is 27.5 Å². The average Bonchev–Trinajstić information content (AvgIpc) is 3.67. The fraction of sp³-hybridized carbons (Fsp3) is 0.442. The van der Waals surface area contributed by atoms with Crippen LogP contribution >= 0.6 is 0 Å². The lowest BCUT2D eigenvalue weighted by Crippen LogP contribution is -2.46. The lowest BCUT2D eigenvalue weighted by molar-refractivity contribution is -0.160. The number of aromatic hydroxyl groups is 2. The summed E-state index contributed by atoms with van der Waals surface area (Å²) in [5.74, 6) is -6.96. The second-order valence-electron chi connectivity index (χ2n) is 15.6. The van der Waals surface area contributed by atoms with E-state index >= 15 is 0 Å². The van der Waals surface area contributed by atoms with E-state index in [0.29, 0.717) is 5.65 Å². The van der Waals surface area contributed by atoms with Gasteiger partial charge in [0.2, 0.25) is 0 Å². The topological polar surface area (TPSA) is 198 Å². The van der Waals surface area contributed by atoms with Crippen LogP contribution < -0.4 is 10.1 Å². The average molecular weight is 786 g/mol. The zero-order chi connectivity index (χ0) is 41.8. The molecule has 0 radical (unpaired) electrons. The number of aliphatic hydroxyl groups excluding tert-OH is 2. The van der Waals surface area contributed by atoms with Gasteiger partial charge in [0.1, 0.15) is 40.0 Å². The number of carbonyl (C=O) groups is 3. The molecule has 0 saturated carbocycles. The van der Waals surface area contributed by atoms with Gasteiger partial charge in [-0.2, -0.15) is 0 Å². The van der Waals surface area contributed by atoms with Crippen molar-refractivity contribution < 1.29 is 53.8 Å². The third kappa shape index (κ3) is 7.10. The molecular formula is C43H51N3O11. The highest BCUT2D eigenvalue weighted by atomic mass is 16.7. The fourth-order valence-corrected chi connectivity index (χ4v) is 8.03. The number of esters is 1. The molecule has 14 nitrogen and oxygen atoms in total. The number of allylic oxidation sites excluding steroid dienone is 2. The molecule has 9 atom stereocenters. The minimum Gasteiger partial charge on any atom is -0.507 e. The zero-order valence-electron chi connectivity index (χ0n) is 33.8. The number of aryl methyl sites for hydroxylation is 1. The fourth-order valence-electron chi connectivity index (χ4n) is 8.03. The molecule has 14 heteroatoms. The van der Waals surface area contributed by atoms with Gasteiger partial charge in [0, 0.05) is 67.3 Å². The molecular weight excluding hydrogens is 734 g/mol. The molecule has 2 aromatic heterocycles. The van der Waals surface area contributed by atoms with Gasteiger partial charge in [0.25, 0.3) is 11.7 Å². The first-order valence-electron chi connectivity index (χ1n) is 19.0. The lowest BCUT2D eigenvalue weighted by atomic mass is 9.78. The number of imidazole rings is 1. The predicted octanol–water partition coefficient (Wildman–Crippen LogP) is 6.16. The summed E-state index contributed by atoms with van der Waals surface area (Å²) in [4.78, 5) is 45.6. The third-order valence-corrected chi connectivity index (χ3v) is 11.5. The van der Waals surface area contributed by atoms with Crippen LogP contribution in [0.1, 0.15) is 70.0 Å². The number of methoxy groups -OCH3 is 1. The van der Waals surface area contributed by atoms with Crippen LogP contribution in [-0.2, 0) is 23.8 Å². The number of phenols is 2. The Morgan fingerprint density at radius 1 is 0.982 bits per heavy atom. The molecule has 0 saturated heterocycles. The van der Waals surface area contributed by atoms with Crippen molar-refractivity contribution in [3.05, 3.63) is 71.2 Å². The molecule has 6 rings (SSSR count). The summed E-state index contributed by atoms with van der Waals surface area (Å²) in [6.45, 7) is 14.7. The number of hydrogen-bond acceptors (Lipinski definition) is 12. The van der Waals surface area contributed by atoms with E-state index in [4.69, 9.17) is 23.9 Å². The van der Waals surface area contributed by atoms with Crippen molar-refractivity contribution in [2.45, 2.75) is 92.5 Å². The van der Waals surface area contributed by atoms with Crippen molar-refractivity contribution >= 4 is 50.8 Å². The number of nitrogens with one attached hydrogen (secondary N) is 1. The van der Waals surface area contributed by atoms with E-state index in [1.807, 2.05) is 19.1 Å². The minimum atomic E-state index is -1.96. The maximum Gasteiger partial charge on any atom is 0.312 e. The third-order valence-electron chi connectivity index (χ3n) is 11.5. The number of carbonyl (C=O) groups excluding carboxylic acids is 3. The molecule has 4 aromatic rings. The highest BCUT2D eigenvalue weighted by molar-refractivity contribution is 6.28. The van der Waals surface area contributed by atoms with Crippen LogP contribution in [0.2, 0.25) is 0 Å². The second-order valence-corrected chi connectivity index (χ2v) is 15.6. The van der Waals surface area contributed by atoms with Crippen molar-refractivity contribution in [2.24, 2.45) is 23.7 Å². The van der Waals surface area contributed by atoms with Gasteiger partial charge in [0.05, 0.1) is 35.5 Å². The van der Waals surface area contributed by atoms with E-state index in [1.54, 1.807) is 63.4 Å². The first-order chi connectivity index (χ1) is 26.8. The van der Waals surface area contributed by atoms with Crippen molar-refractivity contribution in [3.8, 4) is 17.2 Å². The number of amides is 1. The van der Waals surface area contributed by atoms with E-state index < -0.39 is 77.3 Å². The number of ether oxygens (including phenoxy) is 4. The van der Waals surface area contributed by atoms with Gasteiger partial charge < -0.3 is 44.7 Å². The van der Waals surface area contributed by atoms with Crippen molar-refractivity contribution in [2.75, 3.05) is 12.4 Å². The Hall–Kier alpha value is -5.44. The molecule has 0 fully saturated rings. The van der Waals surface area contributed by atoms with E-state index in [9.17, 15) is 34.8 Å². The molecule has 2 aromatic carbocycles. The Morgan fingerprint density at radius 2 is 1.68 bits per heavy atom. The number of fused-ring (bicyclic) bond motifs is 2. The summed E-state index contributed by atoms with van der Waals surface area (Å²) in [5.41, 5.74) is 2.18. The van der Waals surface area contributed by atoms with E-state index in [0.717, 1.165) is 5.56 Å². The molecule has 2 aliphatic heterocycles. The Labute approximate surface area is 330 Å². The van der Waals surface area contributed by atoms with Gasteiger partial charge in [-0.25, -0.2) is 4.98 Å². The van der Waals surface area contributed by atoms with Gasteiger partial charge in [-0.1, -0.05) is 45.9 Å². The molecule has 57 heavy (non-hydrogen) atoms. The van der Waals surface area contributed by atoms with Crippen LogP contribution in [0, 0.1) is 37.5 Å². The summed E-state index contributed by atoms with van der Waals surface area (Å²) in [7, 11) is 1.46. The number of pyridine rings is 1. The van der Waals surface area contributed by atoms with Crippen LogP contribution in [-0.4, -0.2) is 84.8 Å². The zero-order valence-corrected chi connectivity index (χ0v) is 33.8. The lowest BCUT2D eigenvalue weighted by Gasteiger charge is -2.38. The first kappa shape index (κ1) is 41.2. The molecule has 5 N–H and O–H groups in total. The number of hydrogen-bond donors (Lipinski definition) is 5. The Bertz CT molecular complexity index is 2380. The van der Waals surface area contributed by atoms with E-state index in [1.165, 1.54) is 40.2 Å². The maximum absolute atomic E-state index is 14.6. The normalized spacial score (nSPS) is 29.9. The Kier molecular flexibility index (Phi) is 11.2. The standard InChI is InChI=1S/C43H51N3O11/c1-19-14-16-46-28(18-19)44-32-29-30-37(50)25(7)40-31(29)41(52)43(9,57-40)55-17-15-27(54-10)22(4)39(56-26(8)47)24(6)36(49)23(5)35(48)20(2)12-11-13-21(3)42(53)45-33(34(32)46)38(30)51/h11-18,20,22-24,27,35-36,39,48-51H,1-10H3,(H,45,53)/b12-11+,17-15+,21-13?/t20-,22-,23+,24-,27+,35+,36-,39-,43-/m1/s1. The van der Waals surface area contributed by atoms with Crippen LogP contribution in [0.4, 0.5) is 5.69 Å². The summed E-state index contributed by atoms with van der Waals surface area (Å²) in [6, 6.07) is 3.64. The Balaban J connectivity index is 1.58. The number of aliphatic hydroxyl groups is 2.